The van der Waals surface area contributed by atoms with Crippen LogP contribution in [0.2, 0.25) is 0 Å². The average molecular weight is 550 g/mol. The summed E-state index contributed by atoms with van der Waals surface area (Å²) in [6, 6.07) is 12.4. The Hall–Kier alpha value is -4.69. The van der Waals surface area contributed by atoms with Gasteiger partial charge in [-0.2, -0.15) is 10.4 Å². The zero-order valence-corrected chi connectivity index (χ0v) is 23.1. The minimum atomic E-state index is 0.0164. The lowest BCUT2D eigenvalue weighted by Crippen LogP contribution is -2.70. The number of nitrogens with zero attached hydrogens (tertiary/aromatic N) is 9. The van der Waals surface area contributed by atoms with E-state index in [1.165, 1.54) is 0 Å². The number of hydrogen-bond donors (Lipinski definition) is 0. The average Bonchev–Trinajstić information content (AvgIpc) is 3.44. The molecule has 4 saturated heterocycles. The fourth-order valence-electron chi connectivity index (χ4n) is 6.28. The Bertz CT molecular complexity index is 1620. The number of nitriles is 1. The van der Waals surface area contributed by atoms with Gasteiger partial charge < -0.3 is 24.3 Å². The van der Waals surface area contributed by atoms with Crippen molar-refractivity contribution >= 4 is 22.9 Å². The molecule has 41 heavy (non-hydrogen) atoms. The number of carbonyl (C=O) groups is 1. The number of aromatic nitrogens is 4. The summed E-state index contributed by atoms with van der Waals surface area (Å²) < 4.78 is 6.93. The van der Waals surface area contributed by atoms with Gasteiger partial charge in [-0.3, -0.25) is 4.79 Å². The van der Waals surface area contributed by atoms with Crippen molar-refractivity contribution in [2.24, 2.45) is 0 Å². The molecule has 0 spiro atoms. The molecular weight excluding hydrogens is 518 g/mol. The van der Waals surface area contributed by atoms with Crippen molar-refractivity contribution in [3.05, 3.63) is 66.2 Å². The highest BCUT2D eigenvalue weighted by Crippen LogP contribution is 2.37. The molecule has 8 rings (SSSR count). The second-order valence-corrected chi connectivity index (χ2v) is 11.0. The molecule has 4 aromatic rings. The highest BCUT2D eigenvalue weighted by Gasteiger charge is 2.47. The monoisotopic (exact) mass is 549 g/mol. The number of piperidine rings is 1. The number of carbonyl (C=O) groups excluding carboxylic acids is 1. The van der Waals surface area contributed by atoms with Crippen molar-refractivity contribution in [3.8, 4) is 23.1 Å². The van der Waals surface area contributed by atoms with Crippen LogP contribution in [-0.4, -0.2) is 101 Å². The first-order chi connectivity index (χ1) is 20.0. The van der Waals surface area contributed by atoms with Crippen molar-refractivity contribution in [1.29, 1.82) is 5.26 Å². The fraction of sp³-hybridized carbons (Fsp3) is 0.367. The molecule has 0 N–H and O–H groups in total. The zero-order valence-electron chi connectivity index (χ0n) is 23.1. The van der Waals surface area contributed by atoms with Crippen LogP contribution in [0.4, 0.5) is 11.5 Å². The van der Waals surface area contributed by atoms with E-state index in [1.54, 1.807) is 31.6 Å². The number of fused-ring (bicyclic) bond motifs is 3. The van der Waals surface area contributed by atoms with Crippen LogP contribution in [0.25, 0.3) is 16.6 Å². The van der Waals surface area contributed by atoms with E-state index in [2.05, 4.69) is 50.0 Å². The Kier molecular flexibility index (Phi) is 6.20. The van der Waals surface area contributed by atoms with Gasteiger partial charge in [-0.25, -0.2) is 14.5 Å². The summed E-state index contributed by atoms with van der Waals surface area (Å²) >= 11 is 0. The van der Waals surface area contributed by atoms with Crippen LogP contribution in [0.1, 0.15) is 22.3 Å². The molecule has 0 aromatic carbocycles. The number of pyridine rings is 3. The molecule has 4 fully saturated rings. The predicted octanol–water partition coefficient (Wildman–Crippen LogP) is 2.53. The van der Waals surface area contributed by atoms with Crippen molar-refractivity contribution in [2.45, 2.75) is 18.5 Å². The Balaban J connectivity index is 1.11. The largest absolute Gasteiger partial charge is 0.481 e. The fourth-order valence-corrected chi connectivity index (χ4v) is 6.28. The summed E-state index contributed by atoms with van der Waals surface area (Å²) in [6.45, 7) is 5.37. The third-order valence-corrected chi connectivity index (χ3v) is 8.59. The lowest BCUT2D eigenvalue weighted by Gasteiger charge is -2.56. The molecule has 2 atom stereocenters. The van der Waals surface area contributed by atoms with Gasteiger partial charge in [0.05, 0.1) is 53.9 Å². The molecule has 4 aliphatic heterocycles. The van der Waals surface area contributed by atoms with Crippen LogP contribution in [-0.2, 0) is 0 Å². The van der Waals surface area contributed by atoms with Gasteiger partial charge in [0.1, 0.15) is 11.9 Å². The Labute approximate surface area is 238 Å². The van der Waals surface area contributed by atoms with Gasteiger partial charge in [-0.1, -0.05) is 0 Å². The normalized spacial score (nSPS) is 20.6. The minimum absolute atomic E-state index is 0.0164. The molecule has 2 unspecified atom stereocenters. The van der Waals surface area contributed by atoms with E-state index >= 15 is 0 Å². The summed E-state index contributed by atoms with van der Waals surface area (Å²) in [5.41, 5.74) is 4.89. The maximum absolute atomic E-state index is 13.2. The number of rotatable bonds is 5. The van der Waals surface area contributed by atoms with Gasteiger partial charge in [-0.05, 0) is 37.7 Å². The van der Waals surface area contributed by atoms with Crippen molar-refractivity contribution in [3.63, 3.8) is 0 Å². The second-order valence-electron chi connectivity index (χ2n) is 11.0. The molecule has 0 aliphatic carbocycles. The quantitative estimate of drug-likeness (QED) is 0.371. The van der Waals surface area contributed by atoms with Crippen LogP contribution < -0.4 is 14.5 Å². The lowest BCUT2D eigenvalue weighted by molar-refractivity contribution is 0.00572. The van der Waals surface area contributed by atoms with E-state index < -0.39 is 0 Å². The van der Waals surface area contributed by atoms with Gasteiger partial charge in [-0.15, -0.1) is 0 Å². The third kappa shape index (κ3) is 4.40. The number of hydrogen-bond acceptors (Lipinski definition) is 9. The summed E-state index contributed by atoms with van der Waals surface area (Å²) in [5.74, 6) is 1.40. The number of ether oxygens (including phenoxy) is 1. The number of amides is 1. The molecule has 2 bridgehead atoms. The maximum atomic E-state index is 13.2. The van der Waals surface area contributed by atoms with Gasteiger partial charge in [0.15, 0.2) is 0 Å². The predicted molar refractivity (Wildman–Crippen MR) is 154 cm³/mol. The summed E-state index contributed by atoms with van der Waals surface area (Å²) in [7, 11) is 3.71. The van der Waals surface area contributed by atoms with Gasteiger partial charge >= 0.3 is 0 Å². The van der Waals surface area contributed by atoms with E-state index in [4.69, 9.17) is 9.72 Å². The summed E-state index contributed by atoms with van der Waals surface area (Å²) in [4.78, 5) is 31.1. The molecule has 11 heteroatoms. The van der Waals surface area contributed by atoms with Crippen LogP contribution in [0, 0.1) is 11.3 Å². The number of anilines is 2. The topological polar surface area (TPSA) is 106 Å². The van der Waals surface area contributed by atoms with Crippen molar-refractivity contribution < 1.29 is 9.53 Å². The third-order valence-electron chi connectivity index (χ3n) is 8.59. The summed E-state index contributed by atoms with van der Waals surface area (Å²) in [6.07, 6.45) is 8.12. The molecule has 208 valence electrons. The molecule has 0 saturated carbocycles. The Morgan fingerprint density at radius 3 is 2.46 bits per heavy atom. The first kappa shape index (κ1) is 25.3. The molecule has 0 radical (unpaired) electrons. The lowest BCUT2D eigenvalue weighted by atomic mass is 9.86. The Morgan fingerprint density at radius 1 is 1.00 bits per heavy atom. The van der Waals surface area contributed by atoms with Gasteiger partial charge in [0.2, 0.25) is 5.88 Å². The van der Waals surface area contributed by atoms with Gasteiger partial charge in [0.25, 0.3) is 5.91 Å². The van der Waals surface area contributed by atoms with Crippen molar-refractivity contribution in [2.75, 3.05) is 63.2 Å². The number of likely N-dealkylation sites (N-methyl/N-ethyl adjacent to an activating group) is 1. The van der Waals surface area contributed by atoms with Crippen LogP contribution in [0.5, 0.6) is 5.88 Å². The SMILES string of the molecule is COc1ccc(C(=O)N2C3CC2CN(c2ccc(-c4cc(N5CCN(C)CC5)cn5ncc(C#N)c45)cn2)C3)cn1. The van der Waals surface area contributed by atoms with Crippen molar-refractivity contribution in [1.82, 2.24) is 29.4 Å². The zero-order chi connectivity index (χ0) is 28.1. The number of piperazine rings is 2. The smallest absolute Gasteiger partial charge is 0.256 e. The minimum Gasteiger partial charge on any atom is -0.481 e. The molecule has 4 aromatic heterocycles. The highest BCUT2D eigenvalue weighted by molar-refractivity contribution is 5.95. The molecule has 11 nitrogen and oxygen atoms in total. The molecule has 4 aliphatic rings. The van der Waals surface area contributed by atoms with Gasteiger partial charge in [0, 0.05) is 68.9 Å². The first-order valence-corrected chi connectivity index (χ1v) is 13.9. The molecule has 8 heterocycles. The Morgan fingerprint density at radius 2 is 1.80 bits per heavy atom. The van der Waals surface area contributed by atoms with Crippen LogP contribution in [0.15, 0.2) is 55.1 Å². The second kappa shape index (κ2) is 10.1. The van der Waals surface area contributed by atoms with E-state index in [9.17, 15) is 10.1 Å². The highest BCUT2D eigenvalue weighted by atomic mass is 16.5. The molecular formula is C30H31N9O2. The summed E-state index contributed by atoms with van der Waals surface area (Å²) in [5, 5.41) is 14.3. The van der Waals surface area contributed by atoms with E-state index in [0.717, 1.165) is 73.8 Å². The maximum Gasteiger partial charge on any atom is 0.256 e. The van der Waals surface area contributed by atoms with E-state index in [0.29, 0.717) is 17.0 Å². The first-order valence-electron chi connectivity index (χ1n) is 13.9. The van der Waals surface area contributed by atoms with Crippen LogP contribution >= 0.6 is 0 Å². The molecule has 1 amide bonds. The number of methoxy groups -OCH3 is 1. The van der Waals surface area contributed by atoms with Crippen LogP contribution in [0.3, 0.4) is 0 Å². The van der Waals surface area contributed by atoms with E-state index in [1.807, 2.05) is 27.9 Å². The standard InChI is InChI=1S/C30H31N9O2/c1-35-7-9-36(10-8-35)23-12-26(29-22(13-31)16-34-38(29)19-23)20-3-5-27(32-14-20)37-17-24-11-25(18-37)39(24)30(40)21-4-6-28(41-2)33-15-21/h3-6,12,14-16,19,24-25H,7-11,17-18H2,1-2H3. The van der Waals surface area contributed by atoms with E-state index in [-0.39, 0.29) is 18.0 Å².